The van der Waals surface area contributed by atoms with Gasteiger partial charge in [-0.1, -0.05) is 0 Å². The fourth-order valence-electron chi connectivity index (χ4n) is 2.39. The summed E-state index contributed by atoms with van der Waals surface area (Å²) in [5.41, 5.74) is 0.209. The van der Waals surface area contributed by atoms with Crippen molar-refractivity contribution in [1.82, 2.24) is 24.6 Å². The van der Waals surface area contributed by atoms with Crippen LogP contribution >= 0.6 is 0 Å². The number of carbonyl (C=O) groups excluding carboxylic acids is 1. The predicted molar refractivity (Wildman–Crippen MR) is 73.8 cm³/mol. The monoisotopic (exact) mass is 273 g/mol. The standard InChI is InChI=1S/C14H19N5O/c1-12(19-7-2-5-17-19)13(20)16-9-14(3-4-14)10-18-8-6-15-11-18/h2,5-8,11-12H,3-4,9-10H2,1H3,(H,16,20)/t12-/m0/s1. The predicted octanol–water partition coefficient (Wildman–Crippen LogP) is 1.24. The minimum absolute atomic E-state index is 0.0191. The maximum atomic E-state index is 12.1. The van der Waals surface area contributed by atoms with E-state index in [1.54, 1.807) is 17.1 Å². The van der Waals surface area contributed by atoms with Crippen LogP contribution in [0.4, 0.5) is 0 Å². The van der Waals surface area contributed by atoms with Gasteiger partial charge in [0.05, 0.1) is 6.33 Å². The van der Waals surface area contributed by atoms with Crippen molar-refractivity contribution < 1.29 is 4.79 Å². The van der Waals surface area contributed by atoms with Crippen LogP contribution in [0.5, 0.6) is 0 Å². The van der Waals surface area contributed by atoms with Crippen LogP contribution < -0.4 is 5.32 Å². The Labute approximate surface area is 117 Å². The largest absolute Gasteiger partial charge is 0.354 e. The van der Waals surface area contributed by atoms with Gasteiger partial charge in [-0.2, -0.15) is 5.10 Å². The van der Waals surface area contributed by atoms with E-state index in [4.69, 9.17) is 0 Å². The van der Waals surface area contributed by atoms with E-state index in [-0.39, 0.29) is 17.4 Å². The number of hydrogen-bond donors (Lipinski definition) is 1. The molecular weight excluding hydrogens is 254 g/mol. The molecule has 2 heterocycles. The van der Waals surface area contributed by atoms with E-state index >= 15 is 0 Å². The topological polar surface area (TPSA) is 64.7 Å². The molecular formula is C14H19N5O. The summed E-state index contributed by atoms with van der Waals surface area (Å²) in [6.45, 7) is 3.50. The minimum atomic E-state index is -0.269. The lowest BCUT2D eigenvalue weighted by molar-refractivity contribution is -0.124. The zero-order valence-electron chi connectivity index (χ0n) is 11.6. The van der Waals surface area contributed by atoms with Gasteiger partial charge in [0.1, 0.15) is 6.04 Å². The molecule has 6 nitrogen and oxygen atoms in total. The number of hydrogen-bond acceptors (Lipinski definition) is 3. The Morgan fingerprint density at radius 1 is 1.40 bits per heavy atom. The van der Waals surface area contributed by atoms with Crippen molar-refractivity contribution in [3.63, 3.8) is 0 Å². The van der Waals surface area contributed by atoms with E-state index in [0.29, 0.717) is 0 Å². The van der Waals surface area contributed by atoms with Gasteiger partial charge in [-0.3, -0.25) is 9.48 Å². The number of nitrogens with one attached hydrogen (secondary N) is 1. The summed E-state index contributed by atoms with van der Waals surface area (Å²) >= 11 is 0. The molecule has 106 valence electrons. The molecule has 6 heteroatoms. The molecule has 0 unspecified atom stereocenters. The average Bonchev–Trinajstić information content (AvgIpc) is 2.91. The zero-order valence-corrected chi connectivity index (χ0v) is 11.6. The smallest absolute Gasteiger partial charge is 0.244 e. The summed E-state index contributed by atoms with van der Waals surface area (Å²) in [6, 6.07) is 1.56. The summed E-state index contributed by atoms with van der Waals surface area (Å²) in [6.07, 6.45) is 11.4. The van der Waals surface area contributed by atoms with Gasteiger partial charge in [0.2, 0.25) is 5.91 Å². The molecule has 0 saturated heterocycles. The van der Waals surface area contributed by atoms with E-state index in [1.807, 2.05) is 31.7 Å². The molecule has 0 radical (unpaired) electrons. The highest BCUT2D eigenvalue weighted by Gasteiger charge is 2.43. The molecule has 20 heavy (non-hydrogen) atoms. The summed E-state index contributed by atoms with van der Waals surface area (Å²) in [5, 5.41) is 7.15. The van der Waals surface area contributed by atoms with Gasteiger partial charge in [-0.25, -0.2) is 4.98 Å². The third kappa shape index (κ3) is 2.74. The number of aromatic nitrogens is 4. The lowest BCUT2D eigenvalue weighted by Crippen LogP contribution is -2.36. The summed E-state index contributed by atoms with van der Waals surface area (Å²) in [5.74, 6) is 0.0191. The van der Waals surface area contributed by atoms with Crippen molar-refractivity contribution in [3.8, 4) is 0 Å². The van der Waals surface area contributed by atoms with Crippen LogP contribution in [-0.2, 0) is 11.3 Å². The Balaban J connectivity index is 1.53. The van der Waals surface area contributed by atoms with E-state index in [1.165, 1.54) is 0 Å². The van der Waals surface area contributed by atoms with Gasteiger partial charge >= 0.3 is 0 Å². The molecule has 0 aliphatic heterocycles. The Hall–Kier alpha value is -2.11. The van der Waals surface area contributed by atoms with Gasteiger partial charge in [-0.05, 0) is 25.8 Å². The van der Waals surface area contributed by atoms with Crippen molar-refractivity contribution in [3.05, 3.63) is 37.2 Å². The summed E-state index contributed by atoms with van der Waals surface area (Å²) < 4.78 is 3.75. The van der Waals surface area contributed by atoms with Gasteiger partial charge in [-0.15, -0.1) is 0 Å². The molecule has 1 aliphatic carbocycles. The molecule has 2 aromatic rings. The van der Waals surface area contributed by atoms with E-state index in [9.17, 15) is 4.79 Å². The highest BCUT2D eigenvalue weighted by Crippen LogP contribution is 2.46. The van der Waals surface area contributed by atoms with Crippen LogP contribution in [0.1, 0.15) is 25.8 Å². The first-order valence-corrected chi connectivity index (χ1v) is 6.91. The third-order valence-electron chi connectivity index (χ3n) is 3.97. The van der Waals surface area contributed by atoms with Crippen LogP contribution in [0, 0.1) is 5.41 Å². The summed E-state index contributed by atoms with van der Waals surface area (Å²) in [7, 11) is 0. The Bertz CT molecular complexity index is 556. The second kappa shape index (κ2) is 5.11. The number of rotatable bonds is 6. The zero-order chi connectivity index (χ0) is 14.0. The number of imidazole rings is 1. The SMILES string of the molecule is C[C@@H](C(=O)NCC1(Cn2ccnc2)CC1)n1cccn1. The van der Waals surface area contributed by atoms with Crippen LogP contribution in [0.3, 0.4) is 0 Å². The first kappa shape index (κ1) is 12.9. The molecule has 1 amide bonds. The van der Waals surface area contributed by atoms with Crippen LogP contribution in [0.25, 0.3) is 0 Å². The van der Waals surface area contributed by atoms with Crippen molar-refractivity contribution in [2.75, 3.05) is 6.54 Å². The molecule has 1 saturated carbocycles. The number of carbonyl (C=O) groups is 1. The van der Waals surface area contributed by atoms with Gasteiger partial charge < -0.3 is 9.88 Å². The highest BCUT2D eigenvalue weighted by atomic mass is 16.2. The molecule has 0 spiro atoms. The van der Waals surface area contributed by atoms with Crippen molar-refractivity contribution in [1.29, 1.82) is 0 Å². The normalized spacial score (nSPS) is 17.6. The maximum Gasteiger partial charge on any atom is 0.244 e. The fourth-order valence-corrected chi connectivity index (χ4v) is 2.39. The quantitative estimate of drug-likeness (QED) is 0.861. The molecule has 1 N–H and O–H groups in total. The molecule has 0 bridgehead atoms. The van der Waals surface area contributed by atoms with Crippen LogP contribution in [-0.4, -0.2) is 31.8 Å². The molecule has 3 rings (SSSR count). The molecule has 1 aliphatic rings. The number of nitrogens with zero attached hydrogens (tertiary/aromatic N) is 4. The van der Waals surface area contributed by atoms with E-state index < -0.39 is 0 Å². The first-order valence-electron chi connectivity index (χ1n) is 6.91. The molecule has 1 atom stereocenters. The Kier molecular flexibility index (Phi) is 3.30. The van der Waals surface area contributed by atoms with Crippen molar-refractivity contribution in [2.24, 2.45) is 5.41 Å². The molecule has 1 fully saturated rings. The molecule has 0 aromatic carbocycles. The second-order valence-corrected chi connectivity index (χ2v) is 5.61. The minimum Gasteiger partial charge on any atom is -0.354 e. The molecule has 2 aromatic heterocycles. The third-order valence-corrected chi connectivity index (χ3v) is 3.97. The van der Waals surface area contributed by atoms with Crippen molar-refractivity contribution in [2.45, 2.75) is 32.4 Å². The average molecular weight is 273 g/mol. The fraction of sp³-hybridized carbons (Fsp3) is 0.500. The summed E-state index contributed by atoms with van der Waals surface area (Å²) in [4.78, 5) is 16.2. The highest BCUT2D eigenvalue weighted by molar-refractivity contribution is 5.79. The maximum absolute atomic E-state index is 12.1. The lowest BCUT2D eigenvalue weighted by Gasteiger charge is -2.19. The van der Waals surface area contributed by atoms with Crippen LogP contribution in [0.15, 0.2) is 37.2 Å². The van der Waals surface area contributed by atoms with Crippen molar-refractivity contribution >= 4 is 5.91 Å². The van der Waals surface area contributed by atoms with Gasteiger partial charge in [0, 0.05) is 43.3 Å². The lowest BCUT2D eigenvalue weighted by atomic mass is 10.1. The second-order valence-electron chi connectivity index (χ2n) is 5.61. The first-order chi connectivity index (χ1) is 9.69. The van der Waals surface area contributed by atoms with E-state index in [2.05, 4.69) is 20.0 Å². The Morgan fingerprint density at radius 3 is 2.85 bits per heavy atom. The Morgan fingerprint density at radius 2 is 2.25 bits per heavy atom. The van der Waals surface area contributed by atoms with Crippen LogP contribution in [0.2, 0.25) is 0 Å². The van der Waals surface area contributed by atoms with E-state index in [0.717, 1.165) is 25.9 Å². The van der Waals surface area contributed by atoms with Gasteiger partial charge in [0.15, 0.2) is 0 Å². The van der Waals surface area contributed by atoms with Gasteiger partial charge in [0.25, 0.3) is 0 Å². The number of amides is 1.